The van der Waals surface area contributed by atoms with Crippen molar-refractivity contribution in [3.05, 3.63) is 30.5 Å². The molecule has 0 amide bonds. The molecule has 0 radical (unpaired) electrons. The summed E-state index contributed by atoms with van der Waals surface area (Å²) in [5.41, 5.74) is 2.82. The van der Waals surface area contributed by atoms with Crippen LogP contribution in [0.4, 0.5) is 0 Å². The van der Waals surface area contributed by atoms with E-state index in [1.165, 1.54) is 12.8 Å². The highest BCUT2D eigenvalue weighted by molar-refractivity contribution is 5.68. The molecule has 2 aliphatic rings. The Kier molecular flexibility index (Phi) is 4.82. The molecule has 0 aromatic carbocycles. The van der Waals surface area contributed by atoms with Crippen molar-refractivity contribution < 1.29 is 9.47 Å². The van der Waals surface area contributed by atoms with E-state index in [1.54, 1.807) is 11.8 Å². The van der Waals surface area contributed by atoms with Crippen molar-refractivity contribution in [1.82, 2.24) is 35.1 Å². The van der Waals surface area contributed by atoms with Gasteiger partial charge in [-0.2, -0.15) is 0 Å². The van der Waals surface area contributed by atoms with Crippen LogP contribution < -0.4 is 9.47 Å². The lowest BCUT2D eigenvalue weighted by Gasteiger charge is -2.35. The van der Waals surface area contributed by atoms with Crippen molar-refractivity contribution >= 4 is 0 Å². The number of ether oxygens (including phenoxy) is 2. The summed E-state index contributed by atoms with van der Waals surface area (Å²) in [7, 11) is 5.63. The molecule has 1 unspecified atom stereocenters. The molecule has 3 atom stereocenters. The standard InChI is InChI=1S/C21H25N7O2/c1-27-12-19(24-26-27)16-6-7-17(22-21(16)29-3)18-8-9-20(25-23-18)30-15-10-13-4-5-14(11-15)28(13)2/h6-9,12-15H,4-5,10-11H2,1-3H3/t13-,14+,15?. The predicted octanol–water partition coefficient (Wildman–Crippen LogP) is 2.35. The van der Waals surface area contributed by atoms with Crippen LogP contribution >= 0.6 is 0 Å². The zero-order valence-corrected chi connectivity index (χ0v) is 17.4. The molecule has 0 N–H and O–H groups in total. The van der Waals surface area contributed by atoms with Crippen LogP contribution in [0.15, 0.2) is 30.5 Å². The van der Waals surface area contributed by atoms with Gasteiger partial charge in [-0.15, -0.1) is 15.3 Å². The second-order valence-electron chi connectivity index (χ2n) is 8.05. The van der Waals surface area contributed by atoms with Crippen LogP contribution in [0.5, 0.6) is 11.8 Å². The van der Waals surface area contributed by atoms with Crippen LogP contribution in [0, 0.1) is 0 Å². The minimum atomic E-state index is 0.211. The summed E-state index contributed by atoms with van der Waals surface area (Å²) < 4.78 is 13.2. The van der Waals surface area contributed by atoms with E-state index in [-0.39, 0.29) is 6.10 Å². The summed E-state index contributed by atoms with van der Waals surface area (Å²) in [6.07, 6.45) is 6.68. The molecule has 0 aliphatic carbocycles. The SMILES string of the molecule is COc1nc(-c2ccc(OC3C[C@H]4CC[C@@H](C3)N4C)nn2)ccc1-c1cn(C)nn1. The summed E-state index contributed by atoms with van der Waals surface area (Å²) in [5.74, 6) is 1.03. The Morgan fingerprint density at radius 1 is 0.900 bits per heavy atom. The Morgan fingerprint density at radius 3 is 2.30 bits per heavy atom. The molecule has 0 spiro atoms. The summed E-state index contributed by atoms with van der Waals surface area (Å²) in [6.45, 7) is 0. The molecular weight excluding hydrogens is 382 g/mol. The van der Waals surface area contributed by atoms with E-state index >= 15 is 0 Å². The van der Waals surface area contributed by atoms with Crippen molar-refractivity contribution in [2.24, 2.45) is 7.05 Å². The van der Waals surface area contributed by atoms with Gasteiger partial charge in [-0.25, -0.2) is 4.98 Å². The van der Waals surface area contributed by atoms with Crippen LogP contribution in [-0.4, -0.2) is 67.4 Å². The van der Waals surface area contributed by atoms with Crippen molar-refractivity contribution in [2.75, 3.05) is 14.2 Å². The molecule has 3 aromatic rings. The molecule has 3 aromatic heterocycles. The monoisotopic (exact) mass is 407 g/mol. The van der Waals surface area contributed by atoms with Crippen molar-refractivity contribution in [3.8, 4) is 34.4 Å². The fourth-order valence-electron chi connectivity index (χ4n) is 4.55. The molecule has 156 valence electrons. The topological polar surface area (TPSA) is 91.1 Å². The first-order valence-electron chi connectivity index (χ1n) is 10.2. The fourth-order valence-corrected chi connectivity index (χ4v) is 4.55. The number of fused-ring (bicyclic) bond motifs is 2. The van der Waals surface area contributed by atoms with Gasteiger partial charge in [0.1, 0.15) is 17.5 Å². The summed E-state index contributed by atoms with van der Waals surface area (Å²) >= 11 is 0. The number of nitrogens with zero attached hydrogens (tertiary/aromatic N) is 7. The predicted molar refractivity (Wildman–Crippen MR) is 110 cm³/mol. The second-order valence-corrected chi connectivity index (χ2v) is 8.05. The van der Waals surface area contributed by atoms with Gasteiger partial charge in [-0.3, -0.25) is 4.68 Å². The van der Waals surface area contributed by atoms with Gasteiger partial charge in [0.15, 0.2) is 0 Å². The van der Waals surface area contributed by atoms with Gasteiger partial charge in [0.2, 0.25) is 11.8 Å². The minimum Gasteiger partial charge on any atom is -0.480 e. The van der Waals surface area contributed by atoms with E-state index in [2.05, 4.69) is 37.4 Å². The van der Waals surface area contributed by atoms with E-state index in [4.69, 9.17) is 9.47 Å². The summed E-state index contributed by atoms with van der Waals surface area (Å²) in [4.78, 5) is 7.08. The number of hydrogen-bond donors (Lipinski definition) is 0. The van der Waals surface area contributed by atoms with Gasteiger partial charge in [0, 0.05) is 25.2 Å². The highest BCUT2D eigenvalue weighted by atomic mass is 16.5. The Labute approximate surface area is 175 Å². The van der Waals surface area contributed by atoms with Crippen LogP contribution in [-0.2, 0) is 7.05 Å². The summed E-state index contributed by atoms with van der Waals surface area (Å²) in [5, 5.41) is 16.7. The minimum absolute atomic E-state index is 0.211. The Bertz CT molecular complexity index is 1020. The number of piperidine rings is 1. The van der Waals surface area contributed by atoms with E-state index in [1.807, 2.05) is 37.5 Å². The van der Waals surface area contributed by atoms with Gasteiger partial charge in [-0.05, 0) is 50.9 Å². The molecule has 5 rings (SSSR count). The molecule has 5 heterocycles. The third-order valence-corrected chi connectivity index (χ3v) is 6.18. The van der Waals surface area contributed by atoms with Crippen LogP contribution in [0.25, 0.3) is 22.6 Å². The maximum atomic E-state index is 6.14. The van der Waals surface area contributed by atoms with Crippen molar-refractivity contribution in [3.63, 3.8) is 0 Å². The lowest BCUT2D eigenvalue weighted by atomic mass is 10.0. The number of methoxy groups -OCH3 is 1. The first kappa shape index (κ1) is 18.9. The fraction of sp³-hybridized carbons (Fsp3) is 0.476. The lowest BCUT2D eigenvalue weighted by molar-refractivity contribution is 0.0626. The maximum absolute atomic E-state index is 6.14. The van der Waals surface area contributed by atoms with E-state index < -0.39 is 0 Å². The Hall–Kier alpha value is -3.07. The molecule has 9 heteroatoms. The van der Waals surface area contributed by atoms with Crippen LogP contribution in [0.2, 0.25) is 0 Å². The third-order valence-electron chi connectivity index (χ3n) is 6.18. The summed E-state index contributed by atoms with van der Waals surface area (Å²) in [6, 6.07) is 8.80. The molecule has 9 nitrogen and oxygen atoms in total. The maximum Gasteiger partial charge on any atom is 0.233 e. The van der Waals surface area contributed by atoms with Gasteiger partial charge in [0.25, 0.3) is 0 Å². The largest absolute Gasteiger partial charge is 0.480 e. The van der Waals surface area contributed by atoms with Crippen molar-refractivity contribution in [2.45, 2.75) is 43.9 Å². The average Bonchev–Trinajstić information content (AvgIpc) is 3.26. The number of aromatic nitrogens is 6. The smallest absolute Gasteiger partial charge is 0.233 e. The number of hydrogen-bond acceptors (Lipinski definition) is 8. The molecule has 2 bridgehead atoms. The van der Waals surface area contributed by atoms with Gasteiger partial charge in [-0.1, -0.05) is 5.21 Å². The normalized spacial score (nSPS) is 23.5. The first-order valence-corrected chi connectivity index (χ1v) is 10.2. The zero-order valence-electron chi connectivity index (χ0n) is 17.4. The van der Waals surface area contributed by atoms with Crippen LogP contribution in [0.1, 0.15) is 25.7 Å². The highest BCUT2D eigenvalue weighted by Crippen LogP contribution is 2.36. The van der Waals surface area contributed by atoms with Crippen LogP contribution in [0.3, 0.4) is 0 Å². The molecular formula is C21H25N7O2. The van der Waals surface area contributed by atoms with Gasteiger partial charge < -0.3 is 14.4 Å². The molecule has 2 aliphatic heterocycles. The third kappa shape index (κ3) is 3.49. The number of rotatable bonds is 5. The first-order chi connectivity index (χ1) is 14.6. The van der Waals surface area contributed by atoms with E-state index in [0.717, 1.165) is 18.4 Å². The van der Waals surface area contributed by atoms with E-state index in [9.17, 15) is 0 Å². The quantitative estimate of drug-likeness (QED) is 0.637. The molecule has 30 heavy (non-hydrogen) atoms. The van der Waals surface area contributed by atoms with Gasteiger partial charge in [0.05, 0.1) is 24.6 Å². The Balaban J connectivity index is 1.32. The zero-order chi connectivity index (χ0) is 20.7. The highest BCUT2D eigenvalue weighted by Gasteiger charge is 2.39. The molecule has 2 fully saturated rings. The second kappa shape index (κ2) is 7.64. The molecule has 0 saturated carbocycles. The van der Waals surface area contributed by atoms with E-state index in [0.29, 0.717) is 40.9 Å². The number of aryl methyl sites for hydroxylation is 1. The molecule has 2 saturated heterocycles. The van der Waals surface area contributed by atoms with Crippen molar-refractivity contribution in [1.29, 1.82) is 0 Å². The number of pyridine rings is 1. The Morgan fingerprint density at radius 2 is 1.67 bits per heavy atom. The van der Waals surface area contributed by atoms with Gasteiger partial charge >= 0.3 is 0 Å². The lowest BCUT2D eigenvalue weighted by Crippen LogP contribution is -2.43. The average molecular weight is 407 g/mol.